The van der Waals surface area contributed by atoms with Gasteiger partial charge in [0, 0.05) is 6.54 Å². The van der Waals surface area contributed by atoms with Crippen LogP contribution in [0, 0.1) is 0 Å². The van der Waals surface area contributed by atoms with Crippen molar-refractivity contribution in [2.24, 2.45) is 0 Å². The molecule has 0 aliphatic heterocycles. The molecule has 2 N–H and O–H groups in total. The molecular weight excluding hydrogens is 285 g/mol. The zero-order chi connectivity index (χ0) is 13.2. The predicted molar refractivity (Wildman–Crippen MR) is 64.9 cm³/mol. The summed E-state index contributed by atoms with van der Waals surface area (Å²) in [5, 5.41) is 16.2. The first-order valence-corrected chi connectivity index (χ1v) is 6.70. The van der Waals surface area contributed by atoms with E-state index in [4.69, 9.17) is 0 Å². The summed E-state index contributed by atoms with van der Waals surface area (Å²) in [5.41, 5.74) is 0.736. The second-order valence-electron chi connectivity index (χ2n) is 3.48. The van der Waals surface area contributed by atoms with Crippen LogP contribution in [0.15, 0.2) is 23.0 Å². The Kier molecular flexibility index (Phi) is 3.88. The zero-order valence-corrected chi connectivity index (χ0v) is 10.6. The van der Waals surface area contributed by atoms with Gasteiger partial charge in [-0.2, -0.15) is 24.5 Å². The van der Waals surface area contributed by atoms with Gasteiger partial charge >= 0.3 is 6.18 Å². The first-order valence-electron chi connectivity index (χ1n) is 4.94. The van der Waals surface area contributed by atoms with E-state index < -0.39 is 17.2 Å². The number of thiazole rings is 1. The quantitative estimate of drug-likeness (QED) is 0.908. The number of halogens is 3. The fourth-order valence-corrected chi connectivity index (χ4v) is 2.65. The van der Waals surface area contributed by atoms with Gasteiger partial charge in [0.1, 0.15) is 4.88 Å². The third kappa shape index (κ3) is 3.21. The molecule has 0 amide bonds. The van der Waals surface area contributed by atoms with Gasteiger partial charge in [0.25, 0.3) is 0 Å². The molecule has 8 heteroatoms. The van der Waals surface area contributed by atoms with Gasteiger partial charge in [-0.25, -0.2) is 4.98 Å². The smallest absolute Gasteiger partial charge is 0.387 e. The van der Waals surface area contributed by atoms with Crippen LogP contribution in [-0.2, 0) is 6.18 Å². The van der Waals surface area contributed by atoms with Gasteiger partial charge in [-0.05, 0) is 22.4 Å². The Balaban J connectivity index is 1.93. The number of hydrogen-bond donors (Lipinski definition) is 2. The first-order chi connectivity index (χ1) is 8.47. The number of nitrogens with zero attached hydrogens (tertiary/aromatic N) is 1. The second-order valence-corrected chi connectivity index (χ2v) is 5.29. The molecule has 0 fully saturated rings. The van der Waals surface area contributed by atoms with Crippen molar-refractivity contribution in [3.8, 4) is 0 Å². The summed E-state index contributed by atoms with van der Waals surface area (Å²) in [7, 11) is 0. The number of aliphatic hydroxyl groups is 1. The number of rotatable bonds is 4. The van der Waals surface area contributed by atoms with Crippen LogP contribution in [0.4, 0.5) is 18.3 Å². The Morgan fingerprint density at radius 2 is 2.22 bits per heavy atom. The van der Waals surface area contributed by atoms with E-state index in [-0.39, 0.29) is 11.7 Å². The minimum absolute atomic E-state index is 0.127. The van der Waals surface area contributed by atoms with Gasteiger partial charge in [0.2, 0.25) is 0 Å². The highest BCUT2D eigenvalue weighted by Crippen LogP contribution is 2.35. The standard InChI is InChI=1S/C10H9F3N2OS2/c11-10(12,13)8-4-15-9(18-8)14-3-7(16)6-1-2-17-5-6/h1-2,4-5,7,16H,3H2,(H,14,15). The van der Waals surface area contributed by atoms with Crippen molar-refractivity contribution < 1.29 is 18.3 Å². The molecule has 1 unspecified atom stereocenters. The maximum Gasteiger partial charge on any atom is 0.427 e. The molecule has 0 radical (unpaired) electrons. The van der Waals surface area contributed by atoms with Gasteiger partial charge in [-0.15, -0.1) is 0 Å². The largest absolute Gasteiger partial charge is 0.427 e. The van der Waals surface area contributed by atoms with Crippen LogP contribution in [0.2, 0.25) is 0 Å². The van der Waals surface area contributed by atoms with Crippen LogP contribution in [0.1, 0.15) is 16.5 Å². The van der Waals surface area contributed by atoms with Crippen molar-refractivity contribution in [1.29, 1.82) is 0 Å². The maximum atomic E-state index is 12.3. The topological polar surface area (TPSA) is 45.1 Å². The third-order valence-electron chi connectivity index (χ3n) is 2.16. The first kappa shape index (κ1) is 13.3. The SMILES string of the molecule is OC(CNc1ncc(C(F)(F)F)s1)c1ccsc1. The Morgan fingerprint density at radius 3 is 2.78 bits per heavy atom. The fraction of sp³-hybridized carbons (Fsp3) is 0.300. The van der Waals surface area contributed by atoms with Crippen molar-refractivity contribution in [3.05, 3.63) is 33.5 Å². The lowest BCUT2D eigenvalue weighted by atomic mass is 10.2. The summed E-state index contributed by atoms with van der Waals surface area (Å²) in [4.78, 5) is 2.86. The number of anilines is 1. The molecule has 2 aromatic heterocycles. The second kappa shape index (κ2) is 5.25. The van der Waals surface area contributed by atoms with E-state index in [1.165, 1.54) is 11.3 Å². The Bertz CT molecular complexity index is 495. The molecule has 0 aliphatic rings. The van der Waals surface area contributed by atoms with E-state index in [2.05, 4.69) is 10.3 Å². The molecule has 0 aromatic carbocycles. The molecule has 98 valence electrons. The van der Waals surface area contributed by atoms with E-state index in [0.717, 1.165) is 11.8 Å². The summed E-state index contributed by atoms with van der Waals surface area (Å²) in [5.74, 6) is 0. The van der Waals surface area contributed by atoms with E-state index >= 15 is 0 Å². The molecule has 18 heavy (non-hydrogen) atoms. The Hall–Kier alpha value is -1.12. The third-order valence-corrected chi connectivity index (χ3v) is 3.86. The summed E-state index contributed by atoms with van der Waals surface area (Å²) >= 11 is 1.97. The minimum atomic E-state index is -4.37. The number of alkyl halides is 3. The lowest BCUT2D eigenvalue weighted by Gasteiger charge is -2.09. The van der Waals surface area contributed by atoms with Crippen molar-refractivity contribution in [1.82, 2.24) is 4.98 Å². The van der Waals surface area contributed by atoms with Crippen LogP contribution in [-0.4, -0.2) is 16.6 Å². The molecule has 0 spiro atoms. The number of nitrogens with one attached hydrogen (secondary N) is 1. The molecule has 1 atom stereocenters. The predicted octanol–water partition coefficient (Wildman–Crippen LogP) is 3.37. The number of aromatic nitrogens is 1. The van der Waals surface area contributed by atoms with Crippen LogP contribution in [0.25, 0.3) is 0 Å². The van der Waals surface area contributed by atoms with Crippen LogP contribution in [0.5, 0.6) is 0 Å². The average molecular weight is 294 g/mol. The van der Waals surface area contributed by atoms with Gasteiger partial charge in [-0.3, -0.25) is 0 Å². The molecule has 0 aliphatic carbocycles. The average Bonchev–Trinajstić information content (AvgIpc) is 2.96. The highest BCUT2D eigenvalue weighted by atomic mass is 32.1. The molecule has 0 saturated carbocycles. The molecule has 2 rings (SSSR count). The van der Waals surface area contributed by atoms with E-state index in [1.807, 2.05) is 5.38 Å². The van der Waals surface area contributed by atoms with Crippen molar-refractivity contribution in [3.63, 3.8) is 0 Å². The van der Waals surface area contributed by atoms with Gasteiger partial charge in [0.15, 0.2) is 5.13 Å². The zero-order valence-electron chi connectivity index (χ0n) is 8.94. The molecular formula is C10H9F3N2OS2. The van der Waals surface area contributed by atoms with Crippen LogP contribution >= 0.6 is 22.7 Å². The summed E-state index contributed by atoms with van der Waals surface area (Å²) in [6, 6.07) is 1.76. The minimum Gasteiger partial charge on any atom is -0.387 e. The summed E-state index contributed by atoms with van der Waals surface area (Å²) in [6.07, 6.45) is -4.34. The molecule has 3 nitrogen and oxygen atoms in total. The van der Waals surface area contributed by atoms with Crippen molar-refractivity contribution >= 4 is 27.8 Å². The molecule has 2 heterocycles. The highest BCUT2D eigenvalue weighted by Gasteiger charge is 2.33. The highest BCUT2D eigenvalue weighted by molar-refractivity contribution is 7.15. The Labute approximate surface area is 109 Å². The fourth-order valence-electron chi connectivity index (χ4n) is 1.25. The summed E-state index contributed by atoms with van der Waals surface area (Å²) in [6.45, 7) is 0.127. The molecule has 0 saturated heterocycles. The monoisotopic (exact) mass is 294 g/mol. The van der Waals surface area contributed by atoms with Crippen molar-refractivity contribution in [2.75, 3.05) is 11.9 Å². The lowest BCUT2D eigenvalue weighted by Crippen LogP contribution is -2.11. The van der Waals surface area contributed by atoms with Crippen LogP contribution in [0.3, 0.4) is 0 Å². The molecule has 2 aromatic rings. The van der Waals surface area contributed by atoms with E-state index in [9.17, 15) is 18.3 Å². The van der Waals surface area contributed by atoms with Gasteiger partial charge in [-0.1, -0.05) is 11.3 Å². The normalized spacial score (nSPS) is 13.6. The van der Waals surface area contributed by atoms with Crippen LogP contribution < -0.4 is 5.32 Å². The molecule has 0 bridgehead atoms. The van der Waals surface area contributed by atoms with Gasteiger partial charge < -0.3 is 10.4 Å². The van der Waals surface area contributed by atoms with Crippen molar-refractivity contribution in [2.45, 2.75) is 12.3 Å². The summed E-state index contributed by atoms with van der Waals surface area (Å²) < 4.78 is 37.0. The maximum absolute atomic E-state index is 12.3. The Morgan fingerprint density at radius 1 is 1.44 bits per heavy atom. The number of hydrogen-bond acceptors (Lipinski definition) is 5. The van der Waals surface area contributed by atoms with E-state index in [0.29, 0.717) is 11.3 Å². The lowest BCUT2D eigenvalue weighted by molar-refractivity contribution is -0.134. The number of aliphatic hydroxyl groups excluding tert-OH is 1. The van der Waals surface area contributed by atoms with E-state index in [1.54, 1.807) is 11.4 Å². The number of thiophene rings is 1. The van der Waals surface area contributed by atoms with Gasteiger partial charge in [0.05, 0.1) is 12.3 Å².